The number of hydrogen-bond donors (Lipinski definition) is 1. The molecule has 0 saturated carbocycles. The molecule has 0 saturated heterocycles. The Bertz CT molecular complexity index is 473. The Hall–Kier alpha value is -1.55. The van der Waals surface area contributed by atoms with Crippen LogP contribution in [0.2, 0.25) is 0 Å². The molecular formula is C21H34O4. The summed E-state index contributed by atoms with van der Waals surface area (Å²) in [6.07, 6.45) is 13.2. The normalized spacial score (nSPS) is 12.1. The zero-order valence-electron chi connectivity index (χ0n) is 15.8. The maximum Gasteiger partial charge on any atom is 0.196 e. The largest absolute Gasteiger partial charge is 0.507 e. The van der Waals surface area contributed by atoms with Gasteiger partial charge in [-0.25, -0.2) is 0 Å². The minimum atomic E-state index is -0.375. The van der Waals surface area contributed by atoms with Crippen LogP contribution in [0.1, 0.15) is 88.4 Å². The van der Waals surface area contributed by atoms with Crippen molar-refractivity contribution in [2.45, 2.75) is 84.3 Å². The van der Waals surface area contributed by atoms with Crippen LogP contribution in [0.4, 0.5) is 0 Å². The summed E-state index contributed by atoms with van der Waals surface area (Å²) in [6, 6.07) is 4.63. The summed E-state index contributed by atoms with van der Waals surface area (Å²) in [5, 5.41) is 9.63. The number of hydrogen-bond acceptors (Lipinski definition) is 4. The summed E-state index contributed by atoms with van der Waals surface area (Å²) in [5.41, 5.74) is 0.256. The number of ether oxygens (including phenoxy) is 2. The number of aromatic hydroxyl groups is 1. The summed E-state index contributed by atoms with van der Waals surface area (Å²) in [7, 11) is 0. The second kappa shape index (κ2) is 13.7. The molecule has 0 aliphatic heterocycles. The lowest BCUT2D eigenvalue weighted by atomic mass is 10.1. The van der Waals surface area contributed by atoms with Gasteiger partial charge in [0.1, 0.15) is 11.5 Å². The molecule has 0 aliphatic carbocycles. The molecule has 1 rings (SSSR count). The molecule has 1 atom stereocenters. The van der Waals surface area contributed by atoms with Crippen molar-refractivity contribution in [1.29, 1.82) is 0 Å². The van der Waals surface area contributed by atoms with Crippen LogP contribution < -0.4 is 4.74 Å². The van der Waals surface area contributed by atoms with E-state index in [2.05, 4.69) is 6.92 Å². The predicted molar refractivity (Wildman–Crippen MR) is 101 cm³/mol. The van der Waals surface area contributed by atoms with Gasteiger partial charge in [-0.3, -0.25) is 4.79 Å². The van der Waals surface area contributed by atoms with Gasteiger partial charge in [0.25, 0.3) is 0 Å². The Morgan fingerprint density at radius 1 is 1.00 bits per heavy atom. The summed E-state index contributed by atoms with van der Waals surface area (Å²) in [5.74, 6) is 0.424. The van der Waals surface area contributed by atoms with Gasteiger partial charge in [-0.15, -0.1) is 0 Å². The Balaban J connectivity index is 2.01. The second-order valence-corrected chi connectivity index (χ2v) is 6.58. The lowest BCUT2D eigenvalue weighted by Crippen LogP contribution is -2.17. The van der Waals surface area contributed by atoms with E-state index in [1.54, 1.807) is 6.07 Å². The van der Waals surface area contributed by atoms with Crippen molar-refractivity contribution in [3.05, 3.63) is 23.8 Å². The SMILES string of the molecule is CCCCCCCCCCCCOC(C)Oc1ccc(C=O)c(O)c1. The van der Waals surface area contributed by atoms with Gasteiger partial charge in [0.05, 0.1) is 12.2 Å². The third kappa shape index (κ3) is 10.1. The highest BCUT2D eigenvalue weighted by atomic mass is 16.7. The van der Waals surface area contributed by atoms with Gasteiger partial charge < -0.3 is 14.6 Å². The summed E-state index contributed by atoms with van der Waals surface area (Å²) < 4.78 is 11.2. The Morgan fingerprint density at radius 3 is 2.16 bits per heavy atom. The quantitative estimate of drug-likeness (QED) is 0.244. The third-order valence-corrected chi connectivity index (χ3v) is 4.28. The number of phenolic OH excluding ortho intramolecular Hbond substituents is 1. The van der Waals surface area contributed by atoms with E-state index in [-0.39, 0.29) is 17.6 Å². The predicted octanol–water partition coefficient (Wildman–Crippen LogP) is 5.87. The molecule has 0 spiro atoms. The first-order chi connectivity index (χ1) is 12.2. The highest BCUT2D eigenvalue weighted by Gasteiger charge is 2.07. The molecule has 1 aromatic rings. The molecule has 0 heterocycles. The van der Waals surface area contributed by atoms with Crippen LogP contribution in [-0.4, -0.2) is 24.3 Å². The molecule has 4 heteroatoms. The Kier molecular flexibility index (Phi) is 11.8. The van der Waals surface area contributed by atoms with Crippen molar-refractivity contribution in [2.24, 2.45) is 0 Å². The van der Waals surface area contributed by atoms with Crippen LogP contribution in [0, 0.1) is 0 Å². The molecule has 4 nitrogen and oxygen atoms in total. The number of aldehydes is 1. The number of rotatable bonds is 15. The van der Waals surface area contributed by atoms with E-state index in [1.165, 1.54) is 69.9 Å². The van der Waals surface area contributed by atoms with Crippen LogP contribution in [0.25, 0.3) is 0 Å². The maximum atomic E-state index is 10.7. The first kappa shape index (κ1) is 21.5. The molecule has 1 N–H and O–H groups in total. The topological polar surface area (TPSA) is 55.8 Å². The molecule has 0 fully saturated rings. The molecule has 1 unspecified atom stereocenters. The van der Waals surface area contributed by atoms with Gasteiger partial charge in [-0.05, 0) is 25.5 Å². The Morgan fingerprint density at radius 2 is 1.60 bits per heavy atom. The van der Waals surface area contributed by atoms with Crippen molar-refractivity contribution >= 4 is 6.29 Å². The van der Waals surface area contributed by atoms with E-state index in [0.29, 0.717) is 18.6 Å². The van der Waals surface area contributed by atoms with E-state index < -0.39 is 0 Å². The fraction of sp³-hybridized carbons (Fsp3) is 0.667. The summed E-state index contributed by atoms with van der Waals surface area (Å²) in [6.45, 7) is 4.76. The minimum absolute atomic E-state index is 0.0746. The van der Waals surface area contributed by atoms with Gasteiger partial charge in [-0.1, -0.05) is 64.7 Å². The fourth-order valence-corrected chi connectivity index (χ4v) is 2.76. The van der Waals surface area contributed by atoms with E-state index in [9.17, 15) is 9.90 Å². The van der Waals surface area contributed by atoms with Gasteiger partial charge in [0.2, 0.25) is 0 Å². The summed E-state index contributed by atoms with van der Waals surface area (Å²) >= 11 is 0. The lowest BCUT2D eigenvalue weighted by Gasteiger charge is -2.15. The first-order valence-corrected chi connectivity index (χ1v) is 9.73. The van der Waals surface area contributed by atoms with E-state index in [1.807, 2.05) is 6.92 Å². The van der Waals surface area contributed by atoms with Crippen molar-refractivity contribution in [2.75, 3.05) is 6.61 Å². The van der Waals surface area contributed by atoms with Crippen molar-refractivity contribution in [3.63, 3.8) is 0 Å². The second-order valence-electron chi connectivity index (χ2n) is 6.58. The molecule has 0 bridgehead atoms. The van der Waals surface area contributed by atoms with Crippen molar-refractivity contribution in [3.8, 4) is 11.5 Å². The van der Waals surface area contributed by atoms with Gasteiger partial charge in [0.15, 0.2) is 12.6 Å². The highest BCUT2D eigenvalue weighted by molar-refractivity contribution is 5.79. The number of benzene rings is 1. The molecule has 0 amide bonds. The van der Waals surface area contributed by atoms with Crippen LogP contribution in [0.5, 0.6) is 11.5 Å². The van der Waals surface area contributed by atoms with Crippen LogP contribution in [-0.2, 0) is 4.74 Å². The number of unbranched alkanes of at least 4 members (excludes halogenated alkanes) is 9. The van der Waals surface area contributed by atoms with E-state index >= 15 is 0 Å². The van der Waals surface area contributed by atoms with Crippen LogP contribution >= 0.6 is 0 Å². The highest BCUT2D eigenvalue weighted by Crippen LogP contribution is 2.23. The standard InChI is InChI=1S/C21H34O4/c1-3-4-5-6-7-8-9-10-11-12-15-24-18(2)25-20-14-13-19(17-22)21(23)16-20/h13-14,16-18,23H,3-12,15H2,1-2H3. The molecule has 0 radical (unpaired) electrons. The third-order valence-electron chi connectivity index (χ3n) is 4.28. The van der Waals surface area contributed by atoms with Crippen LogP contribution in [0.3, 0.4) is 0 Å². The van der Waals surface area contributed by atoms with Gasteiger partial charge in [0, 0.05) is 6.07 Å². The smallest absolute Gasteiger partial charge is 0.196 e. The number of phenols is 1. The number of carbonyl (C=O) groups excluding carboxylic acids is 1. The molecule has 0 aliphatic rings. The van der Waals surface area contributed by atoms with Crippen LogP contribution in [0.15, 0.2) is 18.2 Å². The van der Waals surface area contributed by atoms with Gasteiger partial charge >= 0.3 is 0 Å². The first-order valence-electron chi connectivity index (χ1n) is 9.73. The molecular weight excluding hydrogens is 316 g/mol. The summed E-state index contributed by atoms with van der Waals surface area (Å²) in [4.78, 5) is 10.7. The number of carbonyl (C=O) groups is 1. The van der Waals surface area contributed by atoms with Crippen molar-refractivity contribution < 1.29 is 19.4 Å². The fourth-order valence-electron chi connectivity index (χ4n) is 2.76. The van der Waals surface area contributed by atoms with Crippen molar-refractivity contribution in [1.82, 2.24) is 0 Å². The minimum Gasteiger partial charge on any atom is -0.507 e. The van der Waals surface area contributed by atoms with E-state index in [0.717, 1.165) is 6.42 Å². The monoisotopic (exact) mass is 350 g/mol. The Labute approximate surface area is 152 Å². The average molecular weight is 350 g/mol. The molecule has 142 valence electrons. The zero-order chi connectivity index (χ0) is 18.3. The molecule has 1 aromatic carbocycles. The zero-order valence-corrected chi connectivity index (χ0v) is 15.8. The maximum absolute atomic E-state index is 10.7. The van der Waals surface area contributed by atoms with Gasteiger partial charge in [-0.2, -0.15) is 0 Å². The van der Waals surface area contributed by atoms with E-state index in [4.69, 9.17) is 9.47 Å². The molecule has 0 aromatic heterocycles. The molecule has 25 heavy (non-hydrogen) atoms. The average Bonchev–Trinajstić information content (AvgIpc) is 2.60. The lowest BCUT2D eigenvalue weighted by molar-refractivity contribution is -0.0677.